The standard InChI is InChI=1S/C17H15N3O2/c21-17(19-12-14-8-4-5-9-18-14)11-15-10-16(22-20-15)13-6-2-1-3-7-13/h1-10H,11-12H2,(H,19,21). The van der Waals surface area contributed by atoms with Gasteiger partial charge in [-0.15, -0.1) is 0 Å². The van der Waals surface area contributed by atoms with Crippen molar-refractivity contribution in [1.29, 1.82) is 0 Å². The number of aromatic nitrogens is 2. The predicted octanol–water partition coefficient (Wildman–Crippen LogP) is 2.60. The number of rotatable bonds is 5. The summed E-state index contributed by atoms with van der Waals surface area (Å²) in [5, 5.41) is 6.75. The Labute approximate surface area is 128 Å². The Hall–Kier alpha value is -2.95. The Bertz CT molecular complexity index is 739. The van der Waals surface area contributed by atoms with Crippen molar-refractivity contribution in [3.8, 4) is 11.3 Å². The number of carbonyl (C=O) groups is 1. The molecule has 0 unspecified atom stereocenters. The molecule has 0 aliphatic rings. The van der Waals surface area contributed by atoms with E-state index < -0.39 is 0 Å². The molecule has 2 heterocycles. The molecule has 22 heavy (non-hydrogen) atoms. The van der Waals surface area contributed by atoms with Crippen LogP contribution in [0.3, 0.4) is 0 Å². The van der Waals surface area contributed by atoms with E-state index in [9.17, 15) is 4.79 Å². The van der Waals surface area contributed by atoms with Gasteiger partial charge in [-0.05, 0) is 12.1 Å². The average molecular weight is 293 g/mol. The van der Waals surface area contributed by atoms with E-state index >= 15 is 0 Å². The third-order valence-electron chi connectivity index (χ3n) is 3.15. The Morgan fingerprint density at radius 3 is 2.64 bits per heavy atom. The Balaban J connectivity index is 1.57. The van der Waals surface area contributed by atoms with Gasteiger partial charge in [-0.25, -0.2) is 0 Å². The van der Waals surface area contributed by atoms with Crippen LogP contribution in [0, 0.1) is 0 Å². The molecule has 3 aromatic rings. The minimum atomic E-state index is -0.112. The molecule has 5 nitrogen and oxygen atoms in total. The zero-order valence-corrected chi connectivity index (χ0v) is 11.9. The largest absolute Gasteiger partial charge is 0.356 e. The third-order valence-corrected chi connectivity index (χ3v) is 3.15. The monoisotopic (exact) mass is 293 g/mol. The number of hydrogen-bond donors (Lipinski definition) is 1. The van der Waals surface area contributed by atoms with Gasteiger partial charge in [0.1, 0.15) is 0 Å². The molecular formula is C17H15N3O2. The molecule has 0 radical (unpaired) electrons. The van der Waals surface area contributed by atoms with Crippen molar-refractivity contribution < 1.29 is 9.32 Å². The van der Waals surface area contributed by atoms with Gasteiger partial charge in [0.05, 0.1) is 24.4 Å². The normalized spacial score (nSPS) is 10.4. The number of hydrogen-bond acceptors (Lipinski definition) is 4. The van der Waals surface area contributed by atoms with Gasteiger partial charge in [0, 0.05) is 17.8 Å². The van der Waals surface area contributed by atoms with Crippen molar-refractivity contribution in [2.75, 3.05) is 0 Å². The highest BCUT2D eigenvalue weighted by Gasteiger charge is 2.10. The minimum absolute atomic E-state index is 0.112. The summed E-state index contributed by atoms with van der Waals surface area (Å²) in [6.45, 7) is 0.406. The van der Waals surface area contributed by atoms with Gasteiger partial charge in [-0.3, -0.25) is 9.78 Å². The van der Waals surface area contributed by atoms with Crippen LogP contribution < -0.4 is 5.32 Å². The summed E-state index contributed by atoms with van der Waals surface area (Å²) in [5.41, 5.74) is 2.37. The summed E-state index contributed by atoms with van der Waals surface area (Å²) in [6.07, 6.45) is 1.88. The van der Waals surface area contributed by atoms with Crippen molar-refractivity contribution in [3.63, 3.8) is 0 Å². The number of carbonyl (C=O) groups excluding carboxylic acids is 1. The Kier molecular flexibility index (Phi) is 4.25. The Morgan fingerprint density at radius 1 is 1.05 bits per heavy atom. The van der Waals surface area contributed by atoms with Gasteiger partial charge in [0.25, 0.3) is 0 Å². The lowest BCUT2D eigenvalue weighted by Crippen LogP contribution is -2.25. The molecule has 0 aliphatic carbocycles. The molecule has 0 saturated heterocycles. The highest BCUT2D eigenvalue weighted by Crippen LogP contribution is 2.19. The highest BCUT2D eigenvalue weighted by molar-refractivity contribution is 5.78. The van der Waals surface area contributed by atoms with E-state index in [0.717, 1.165) is 11.3 Å². The second-order valence-electron chi connectivity index (χ2n) is 4.82. The molecule has 5 heteroatoms. The fourth-order valence-electron chi connectivity index (χ4n) is 2.05. The van der Waals surface area contributed by atoms with Gasteiger partial charge in [0.2, 0.25) is 5.91 Å². The van der Waals surface area contributed by atoms with E-state index in [0.29, 0.717) is 18.0 Å². The Morgan fingerprint density at radius 2 is 1.86 bits per heavy atom. The first-order chi connectivity index (χ1) is 10.8. The van der Waals surface area contributed by atoms with E-state index in [2.05, 4.69) is 15.5 Å². The summed E-state index contributed by atoms with van der Waals surface area (Å²) in [4.78, 5) is 16.1. The smallest absolute Gasteiger partial charge is 0.226 e. The summed E-state index contributed by atoms with van der Waals surface area (Å²) < 4.78 is 5.27. The highest BCUT2D eigenvalue weighted by atomic mass is 16.5. The van der Waals surface area contributed by atoms with Crippen molar-refractivity contribution in [1.82, 2.24) is 15.5 Å². The number of benzene rings is 1. The molecule has 1 N–H and O–H groups in total. The van der Waals surface area contributed by atoms with Gasteiger partial charge in [0.15, 0.2) is 5.76 Å². The molecule has 0 bridgehead atoms. The second kappa shape index (κ2) is 6.67. The quantitative estimate of drug-likeness (QED) is 0.785. The average Bonchev–Trinajstić information content (AvgIpc) is 3.03. The molecule has 110 valence electrons. The van der Waals surface area contributed by atoms with E-state index in [1.807, 2.05) is 48.5 Å². The summed E-state index contributed by atoms with van der Waals surface area (Å²) in [5.74, 6) is 0.548. The van der Waals surface area contributed by atoms with Crippen LogP contribution in [0.5, 0.6) is 0 Å². The molecular weight excluding hydrogens is 278 g/mol. The summed E-state index contributed by atoms with van der Waals surface area (Å²) in [7, 11) is 0. The van der Waals surface area contributed by atoms with E-state index in [1.54, 1.807) is 12.3 Å². The van der Waals surface area contributed by atoms with Crippen LogP contribution in [0.2, 0.25) is 0 Å². The fraction of sp³-hybridized carbons (Fsp3) is 0.118. The van der Waals surface area contributed by atoms with Crippen LogP contribution in [0.1, 0.15) is 11.4 Å². The number of nitrogens with zero attached hydrogens (tertiary/aromatic N) is 2. The molecule has 0 saturated carbocycles. The maximum absolute atomic E-state index is 11.9. The SMILES string of the molecule is O=C(Cc1cc(-c2ccccc2)on1)NCc1ccccn1. The van der Waals surface area contributed by atoms with Crippen molar-refractivity contribution in [2.45, 2.75) is 13.0 Å². The van der Waals surface area contributed by atoms with Crippen LogP contribution in [-0.2, 0) is 17.8 Å². The van der Waals surface area contributed by atoms with E-state index in [-0.39, 0.29) is 12.3 Å². The summed E-state index contributed by atoms with van der Waals surface area (Å²) >= 11 is 0. The lowest BCUT2D eigenvalue weighted by Gasteiger charge is -2.02. The second-order valence-corrected chi connectivity index (χ2v) is 4.82. The molecule has 0 aliphatic heterocycles. The van der Waals surface area contributed by atoms with Crippen LogP contribution in [0.25, 0.3) is 11.3 Å². The van der Waals surface area contributed by atoms with Gasteiger partial charge in [-0.2, -0.15) is 0 Å². The topological polar surface area (TPSA) is 68.0 Å². The van der Waals surface area contributed by atoms with E-state index in [4.69, 9.17) is 4.52 Å². The van der Waals surface area contributed by atoms with Crippen LogP contribution >= 0.6 is 0 Å². The van der Waals surface area contributed by atoms with Crippen LogP contribution in [0.4, 0.5) is 0 Å². The lowest BCUT2D eigenvalue weighted by molar-refractivity contribution is -0.120. The van der Waals surface area contributed by atoms with Crippen molar-refractivity contribution >= 4 is 5.91 Å². The van der Waals surface area contributed by atoms with Gasteiger partial charge in [-0.1, -0.05) is 41.6 Å². The third kappa shape index (κ3) is 3.58. The molecule has 1 amide bonds. The number of amides is 1. The maximum Gasteiger partial charge on any atom is 0.226 e. The first-order valence-corrected chi connectivity index (χ1v) is 6.99. The maximum atomic E-state index is 11.9. The molecule has 0 atom stereocenters. The molecule has 1 aromatic carbocycles. The van der Waals surface area contributed by atoms with Crippen LogP contribution in [-0.4, -0.2) is 16.0 Å². The fourth-order valence-corrected chi connectivity index (χ4v) is 2.05. The van der Waals surface area contributed by atoms with Crippen molar-refractivity contribution in [3.05, 3.63) is 72.2 Å². The molecule has 2 aromatic heterocycles. The number of pyridine rings is 1. The predicted molar refractivity (Wildman–Crippen MR) is 81.7 cm³/mol. The summed E-state index contributed by atoms with van der Waals surface area (Å²) in [6, 6.07) is 17.0. The first-order valence-electron chi connectivity index (χ1n) is 6.99. The van der Waals surface area contributed by atoms with Gasteiger partial charge >= 0.3 is 0 Å². The zero-order valence-electron chi connectivity index (χ0n) is 11.9. The van der Waals surface area contributed by atoms with E-state index in [1.165, 1.54) is 0 Å². The molecule has 0 fully saturated rings. The molecule has 3 rings (SSSR count). The molecule has 0 spiro atoms. The van der Waals surface area contributed by atoms with Gasteiger partial charge < -0.3 is 9.84 Å². The minimum Gasteiger partial charge on any atom is -0.356 e. The zero-order chi connectivity index (χ0) is 15.2. The number of nitrogens with one attached hydrogen (secondary N) is 1. The lowest BCUT2D eigenvalue weighted by atomic mass is 10.1. The van der Waals surface area contributed by atoms with Crippen molar-refractivity contribution in [2.24, 2.45) is 0 Å². The first kappa shape index (κ1) is 14.0. The van der Waals surface area contributed by atoms with Crippen LogP contribution in [0.15, 0.2) is 65.3 Å².